The number of rotatable bonds is 6. The molecule has 1 unspecified atom stereocenters. The fourth-order valence-corrected chi connectivity index (χ4v) is 3.28. The Morgan fingerprint density at radius 1 is 1.32 bits per heavy atom. The number of carbonyl (C=O) groups excluding carboxylic acids is 2. The van der Waals surface area contributed by atoms with E-state index in [0.29, 0.717) is 32.8 Å². The van der Waals surface area contributed by atoms with E-state index in [1.54, 1.807) is 21.2 Å². The number of ether oxygens (including phenoxy) is 3. The number of likely N-dealkylation sites (N-methyl/N-ethyl adjacent to an activating group) is 1. The number of nitrogens with zero attached hydrogens (tertiary/aromatic N) is 2. The molecule has 8 nitrogen and oxygen atoms in total. The standard InChI is InChI=1S/C17H31N3O5/c1-19(2)15(21)13-24-14-4-10-25-17(12-14)5-8-20(9-6-17)16(22)18-7-11-23-3/h14H,4-13H2,1-3H3,(H,18,22). The van der Waals surface area contributed by atoms with Gasteiger partial charge in [-0.05, 0) is 19.3 Å². The number of likely N-dealkylation sites (tertiary alicyclic amines) is 1. The zero-order chi connectivity index (χ0) is 18.3. The van der Waals surface area contributed by atoms with Crippen LogP contribution in [0.25, 0.3) is 0 Å². The SMILES string of the molecule is COCCNC(=O)N1CCC2(CC1)CC(OCC(=O)N(C)C)CCO2. The average molecular weight is 357 g/mol. The summed E-state index contributed by atoms with van der Waals surface area (Å²) in [6, 6.07) is -0.0490. The highest BCUT2D eigenvalue weighted by atomic mass is 16.5. The lowest BCUT2D eigenvalue weighted by Crippen LogP contribution is -2.54. The summed E-state index contributed by atoms with van der Waals surface area (Å²) in [5, 5.41) is 2.85. The third-order valence-corrected chi connectivity index (χ3v) is 4.93. The number of methoxy groups -OCH3 is 1. The first-order valence-corrected chi connectivity index (χ1v) is 8.93. The zero-order valence-electron chi connectivity index (χ0n) is 15.6. The molecule has 1 spiro atoms. The van der Waals surface area contributed by atoms with Gasteiger partial charge in [0.1, 0.15) is 6.61 Å². The van der Waals surface area contributed by atoms with Gasteiger partial charge in [-0.25, -0.2) is 4.79 Å². The van der Waals surface area contributed by atoms with Gasteiger partial charge < -0.3 is 29.3 Å². The van der Waals surface area contributed by atoms with Crippen molar-refractivity contribution in [1.82, 2.24) is 15.1 Å². The minimum Gasteiger partial charge on any atom is -0.383 e. The molecular weight excluding hydrogens is 326 g/mol. The van der Waals surface area contributed by atoms with Crippen molar-refractivity contribution in [2.75, 3.05) is 60.7 Å². The molecule has 2 saturated heterocycles. The van der Waals surface area contributed by atoms with Crippen LogP contribution in [0.3, 0.4) is 0 Å². The van der Waals surface area contributed by atoms with E-state index < -0.39 is 0 Å². The van der Waals surface area contributed by atoms with E-state index in [2.05, 4.69) is 5.32 Å². The Bertz CT molecular complexity index is 450. The Hall–Kier alpha value is -1.38. The second-order valence-corrected chi connectivity index (χ2v) is 6.96. The molecule has 8 heteroatoms. The van der Waals surface area contributed by atoms with Crippen molar-refractivity contribution in [3.8, 4) is 0 Å². The maximum absolute atomic E-state index is 12.1. The first-order valence-electron chi connectivity index (χ1n) is 8.93. The highest BCUT2D eigenvalue weighted by molar-refractivity contribution is 5.76. The lowest BCUT2D eigenvalue weighted by atomic mass is 9.83. The molecule has 1 N–H and O–H groups in total. The van der Waals surface area contributed by atoms with Crippen LogP contribution in [-0.4, -0.2) is 94.1 Å². The maximum Gasteiger partial charge on any atom is 0.317 e. The van der Waals surface area contributed by atoms with Crippen molar-refractivity contribution in [3.63, 3.8) is 0 Å². The second-order valence-electron chi connectivity index (χ2n) is 6.96. The summed E-state index contributed by atoms with van der Waals surface area (Å²) >= 11 is 0. The molecule has 25 heavy (non-hydrogen) atoms. The maximum atomic E-state index is 12.1. The van der Waals surface area contributed by atoms with Crippen LogP contribution in [-0.2, 0) is 19.0 Å². The topological polar surface area (TPSA) is 80.3 Å². The molecule has 0 aromatic rings. The third-order valence-electron chi connectivity index (χ3n) is 4.93. The van der Waals surface area contributed by atoms with Gasteiger partial charge in [0.2, 0.25) is 5.91 Å². The van der Waals surface area contributed by atoms with E-state index in [-0.39, 0.29) is 30.3 Å². The van der Waals surface area contributed by atoms with Crippen LogP contribution in [0.5, 0.6) is 0 Å². The van der Waals surface area contributed by atoms with E-state index in [4.69, 9.17) is 14.2 Å². The van der Waals surface area contributed by atoms with E-state index in [9.17, 15) is 9.59 Å². The van der Waals surface area contributed by atoms with Crippen molar-refractivity contribution in [3.05, 3.63) is 0 Å². The lowest BCUT2D eigenvalue weighted by molar-refractivity contribution is -0.160. The molecule has 0 saturated carbocycles. The summed E-state index contributed by atoms with van der Waals surface area (Å²) < 4.78 is 16.8. The van der Waals surface area contributed by atoms with Gasteiger partial charge in [-0.1, -0.05) is 0 Å². The van der Waals surface area contributed by atoms with Gasteiger partial charge in [-0.15, -0.1) is 0 Å². The first kappa shape index (κ1) is 19.9. The second kappa shape index (κ2) is 9.35. The van der Waals surface area contributed by atoms with Gasteiger partial charge in [-0.3, -0.25) is 4.79 Å². The highest BCUT2D eigenvalue weighted by Gasteiger charge is 2.41. The van der Waals surface area contributed by atoms with Gasteiger partial charge in [0.05, 0.1) is 18.3 Å². The van der Waals surface area contributed by atoms with Gasteiger partial charge in [-0.2, -0.15) is 0 Å². The van der Waals surface area contributed by atoms with Crippen molar-refractivity contribution in [2.24, 2.45) is 0 Å². The van der Waals surface area contributed by atoms with Crippen LogP contribution >= 0.6 is 0 Å². The summed E-state index contributed by atoms with van der Waals surface area (Å²) in [5.41, 5.74) is -0.229. The van der Waals surface area contributed by atoms with Crippen molar-refractivity contribution >= 4 is 11.9 Å². The van der Waals surface area contributed by atoms with Crippen LogP contribution < -0.4 is 5.32 Å². The molecular formula is C17H31N3O5. The number of nitrogens with one attached hydrogen (secondary N) is 1. The molecule has 0 aliphatic carbocycles. The Labute approximate surface area is 149 Å². The largest absolute Gasteiger partial charge is 0.383 e. The van der Waals surface area contributed by atoms with Crippen LogP contribution in [0.4, 0.5) is 4.79 Å². The van der Waals surface area contributed by atoms with E-state index in [1.807, 2.05) is 4.90 Å². The molecule has 0 radical (unpaired) electrons. The van der Waals surface area contributed by atoms with Gasteiger partial charge in [0.15, 0.2) is 0 Å². The Balaban J connectivity index is 1.77. The molecule has 1 atom stereocenters. The smallest absolute Gasteiger partial charge is 0.317 e. The van der Waals surface area contributed by atoms with Crippen LogP contribution in [0.2, 0.25) is 0 Å². The van der Waals surface area contributed by atoms with E-state index in [0.717, 1.165) is 25.7 Å². The Morgan fingerprint density at radius 3 is 2.68 bits per heavy atom. The predicted molar refractivity (Wildman–Crippen MR) is 92.4 cm³/mol. The number of carbonyl (C=O) groups is 2. The molecule has 144 valence electrons. The predicted octanol–water partition coefficient (Wildman–Crippen LogP) is 0.461. The lowest BCUT2D eigenvalue weighted by Gasteiger charge is -2.46. The quantitative estimate of drug-likeness (QED) is 0.699. The number of amides is 3. The summed E-state index contributed by atoms with van der Waals surface area (Å²) in [6.45, 7) is 3.12. The van der Waals surface area contributed by atoms with Gasteiger partial charge in [0, 0.05) is 53.9 Å². The van der Waals surface area contributed by atoms with Crippen molar-refractivity contribution in [2.45, 2.75) is 37.4 Å². The van der Waals surface area contributed by atoms with Crippen LogP contribution in [0.1, 0.15) is 25.7 Å². The molecule has 2 rings (SSSR count). The third kappa shape index (κ3) is 5.83. The summed E-state index contributed by atoms with van der Waals surface area (Å²) in [6.07, 6.45) is 3.23. The number of piperidine rings is 1. The van der Waals surface area contributed by atoms with Gasteiger partial charge >= 0.3 is 6.03 Å². The molecule has 0 aromatic carbocycles. The highest BCUT2D eigenvalue weighted by Crippen LogP contribution is 2.36. The minimum atomic E-state index is -0.229. The van der Waals surface area contributed by atoms with Crippen molar-refractivity contribution < 1.29 is 23.8 Å². The molecule has 3 amide bonds. The number of hydrogen-bond acceptors (Lipinski definition) is 5. The molecule has 0 aromatic heterocycles. The molecule has 2 fully saturated rings. The normalized spacial score (nSPS) is 22.7. The molecule has 2 aliphatic rings. The summed E-state index contributed by atoms with van der Waals surface area (Å²) in [4.78, 5) is 27.2. The van der Waals surface area contributed by atoms with Gasteiger partial charge in [0.25, 0.3) is 0 Å². The summed E-state index contributed by atoms with van der Waals surface area (Å²) in [5.74, 6) is -0.0249. The molecule has 2 aliphatic heterocycles. The van der Waals surface area contributed by atoms with Crippen LogP contribution in [0.15, 0.2) is 0 Å². The Kier molecular flexibility index (Phi) is 7.46. The average Bonchev–Trinajstić information content (AvgIpc) is 2.60. The van der Waals surface area contributed by atoms with Crippen molar-refractivity contribution in [1.29, 1.82) is 0 Å². The van der Waals surface area contributed by atoms with Crippen LogP contribution in [0, 0.1) is 0 Å². The first-order chi connectivity index (χ1) is 12.0. The number of hydrogen-bond donors (Lipinski definition) is 1. The minimum absolute atomic E-state index is 0.0249. The molecule has 0 bridgehead atoms. The number of urea groups is 1. The fraction of sp³-hybridized carbons (Fsp3) is 0.882. The fourth-order valence-electron chi connectivity index (χ4n) is 3.28. The monoisotopic (exact) mass is 357 g/mol. The Morgan fingerprint density at radius 2 is 2.04 bits per heavy atom. The van der Waals surface area contributed by atoms with E-state index in [1.165, 1.54) is 4.90 Å². The zero-order valence-corrected chi connectivity index (χ0v) is 15.6. The summed E-state index contributed by atoms with van der Waals surface area (Å²) in [7, 11) is 5.07. The van der Waals surface area contributed by atoms with E-state index >= 15 is 0 Å². The molecule has 2 heterocycles.